The number of amides is 2. The van der Waals surface area contributed by atoms with Gasteiger partial charge in [-0.25, -0.2) is 10.0 Å². The number of fused-ring (bicyclic) bond motifs is 1. The van der Waals surface area contributed by atoms with E-state index in [1.54, 1.807) is 23.0 Å². The van der Waals surface area contributed by atoms with E-state index in [4.69, 9.17) is 0 Å². The third-order valence-corrected chi connectivity index (χ3v) is 4.81. The molecule has 0 radical (unpaired) electrons. The van der Waals surface area contributed by atoms with E-state index in [2.05, 4.69) is 0 Å². The molecule has 1 aromatic heterocycles. The van der Waals surface area contributed by atoms with Crippen LogP contribution in [0.1, 0.15) is 40.2 Å². The maximum Gasteiger partial charge on any atom is 0.278 e. The van der Waals surface area contributed by atoms with E-state index in [0.717, 1.165) is 16.5 Å². The summed E-state index contributed by atoms with van der Waals surface area (Å²) in [4.78, 5) is 37.9. The standard InChI is InChI=1S/C23H29N3O3/c1-15(2)11-25-22(28)20(23(29)26(25)12-16(3)4)10-18-14-24(13-17(5)27)21-9-7-6-8-19(18)21/h6-10,14-16H,11-13H2,1-5H3. The van der Waals surface area contributed by atoms with E-state index < -0.39 is 0 Å². The van der Waals surface area contributed by atoms with Gasteiger partial charge in [-0.1, -0.05) is 45.9 Å². The van der Waals surface area contributed by atoms with E-state index >= 15 is 0 Å². The number of nitrogens with zero attached hydrogens (tertiary/aromatic N) is 3. The average molecular weight is 396 g/mol. The fraction of sp³-hybridized carbons (Fsp3) is 0.435. The molecule has 3 rings (SSSR count). The number of rotatable bonds is 7. The first-order valence-electron chi connectivity index (χ1n) is 10.1. The van der Waals surface area contributed by atoms with Gasteiger partial charge in [-0.2, -0.15) is 0 Å². The highest BCUT2D eigenvalue weighted by Gasteiger charge is 2.41. The van der Waals surface area contributed by atoms with Crippen LogP contribution < -0.4 is 0 Å². The van der Waals surface area contributed by atoms with Crippen molar-refractivity contribution >= 4 is 34.6 Å². The Bertz CT molecular complexity index is 954. The van der Waals surface area contributed by atoms with Crippen LogP contribution in [0.4, 0.5) is 0 Å². The predicted octanol–water partition coefficient (Wildman–Crippen LogP) is 3.51. The quantitative estimate of drug-likeness (QED) is 0.532. The van der Waals surface area contributed by atoms with Crippen molar-refractivity contribution in [2.24, 2.45) is 11.8 Å². The van der Waals surface area contributed by atoms with Gasteiger partial charge in [-0.3, -0.25) is 14.4 Å². The summed E-state index contributed by atoms with van der Waals surface area (Å²) in [5.74, 6) is 0.0289. The summed E-state index contributed by atoms with van der Waals surface area (Å²) in [7, 11) is 0. The largest absolute Gasteiger partial charge is 0.339 e. The van der Waals surface area contributed by atoms with Crippen molar-refractivity contribution in [1.82, 2.24) is 14.6 Å². The first-order valence-corrected chi connectivity index (χ1v) is 10.1. The van der Waals surface area contributed by atoms with Gasteiger partial charge < -0.3 is 4.57 Å². The second kappa shape index (κ2) is 8.23. The van der Waals surface area contributed by atoms with Crippen LogP contribution in [-0.2, 0) is 20.9 Å². The molecule has 1 aliphatic heterocycles. The number of benzene rings is 1. The summed E-state index contributed by atoms with van der Waals surface area (Å²) in [6.45, 7) is 10.9. The van der Waals surface area contributed by atoms with Crippen molar-refractivity contribution in [2.45, 2.75) is 41.2 Å². The average Bonchev–Trinajstić information content (AvgIpc) is 3.07. The lowest BCUT2D eigenvalue weighted by Crippen LogP contribution is -2.44. The maximum absolute atomic E-state index is 13.1. The number of carbonyl (C=O) groups is 3. The Morgan fingerprint density at radius 3 is 2.03 bits per heavy atom. The minimum atomic E-state index is -0.257. The Kier molecular flexibility index (Phi) is 5.91. The van der Waals surface area contributed by atoms with Gasteiger partial charge in [0.25, 0.3) is 11.8 Å². The Balaban J connectivity index is 2.06. The number of para-hydroxylation sites is 1. The molecule has 1 aliphatic rings. The number of hydrazine groups is 1. The molecule has 2 heterocycles. The molecule has 0 bridgehead atoms. The molecule has 0 N–H and O–H groups in total. The lowest BCUT2D eigenvalue weighted by Gasteiger charge is -2.29. The smallest absolute Gasteiger partial charge is 0.278 e. The van der Waals surface area contributed by atoms with Crippen LogP contribution in [0.3, 0.4) is 0 Å². The number of hydrogen-bond donors (Lipinski definition) is 0. The number of aromatic nitrogens is 1. The monoisotopic (exact) mass is 395 g/mol. The van der Waals surface area contributed by atoms with Crippen molar-refractivity contribution in [2.75, 3.05) is 13.1 Å². The third kappa shape index (κ3) is 4.26. The van der Waals surface area contributed by atoms with E-state index in [-0.39, 0.29) is 41.6 Å². The van der Waals surface area contributed by atoms with Gasteiger partial charge in [-0.15, -0.1) is 0 Å². The normalized spacial score (nSPS) is 14.8. The molecule has 0 atom stereocenters. The number of ketones is 1. The maximum atomic E-state index is 13.1. The molecule has 0 saturated carbocycles. The fourth-order valence-corrected chi connectivity index (χ4v) is 3.68. The van der Waals surface area contributed by atoms with Crippen molar-refractivity contribution in [3.63, 3.8) is 0 Å². The molecule has 154 valence electrons. The number of Topliss-reactive ketones (excluding diaryl/α,β-unsaturated/α-hetero) is 1. The van der Waals surface area contributed by atoms with Crippen molar-refractivity contribution in [1.29, 1.82) is 0 Å². The van der Waals surface area contributed by atoms with Gasteiger partial charge in [-0.05, 0) is 30.9 Å². The van der Waals surface area contributed by atoms with Crippen LogP contribution in [-0.4, -0.2) is 45.3 Å². The molecule has 0 unspecified atom stereocenters. The molecule has 0 spiro atoms. The van der Waals surface area contributed by atoms with Gasteiger partial charge >= 0.3 is 0 Å². The number of carbonyl (C=O) groups excluding carboxylic acids is 3. The van der Waals surface area contributed by atoms with Crippen molar-refractivity contribution in [3.8, 4) is 0 Å². The lowest BCUT2D eigenvalue weighted by atomic mass is 10.1. The first-order chi connectivity index (χ1) is 13.7. The summed E-state index contributed by atoms with van der Waals surface area (Å²) in [5.41, 5.74) is 1.86. The zero-order chi connectivity index (χ0) is 21.3. The second-order valence-corrected chi connectivity index (χ2v) is 8.55. The Labute approximate surface area is 171 Å². The van der Waals surface area contributed by atoms with Crippen LogP contribution in [0.5, 0.6) is 0 Å². The molecule has 1 fully saturated rings. The molecule has 2 aromatic rings. The zero-order valence-electron chi connectivity index (χ0n) is 17.8. The Hall–Kier alpha value is -2.89. The summed E-state index contributed by atoms with van der Waals surface area (Å²) in [5, 5.41) is 4.07. The topological polar surface area (TPSA) is 62.6 Å². The summed E-state index contributed by atoms with van der Waals surface area (Å²) in [6, 6.07) is 7.71. The number of hydrogen-bond acceptors (Lipinski definition) is 3. The Morgan fingerprint density at radius 1 is 0.966 bits per heavy atom. The van der Waals surface area contributed by atoms with E-state index in [1.165, 1.54) is 0 Å². The summed E-state index contributed by atoms with van der Waals surface area (Å²) < 4.78 is 1.87. The summed E-state index contributed by atoms with van der Waals surface area (Å²) >= 11 is 0. The highest BCUT2D eigenvalue weighted by molar-refractivity contribution is 6.25. The van der Waals surface area contributed by atoms with Gasteiger partial charge in [0.1, 0.15) is 11.4 Å². The predicted molar refractivity (Wildman–Crippen MR) is 114 cm³/mol. The van der Waals surface area contributed by atoms with Gasteiger partial charge in [0.05, 0.1) is 6.54 Å². The Morgan fingerprint density at radius 2 is 1.52 bits per heavy atom. The second-order valence-electron chi connectivity index (χ2n) is 8.55. The molecule has 0 aliphatic carbocycles. The highest BCUT2D eigenvalue weighted by atomic mass is 16.2. The molecule has 1 saturated heterocycles. The van der Waals surface area contributed by atoms with Crippen molar-refractivity contribution < 1.29 is 14.4 Å². The third-order valence-electron chi connectivity index (χ3n) is 4.81. The minimum absolute atomic E-state index is 0.0455. The first kappa shape index (κ1) is 20.8. The van der Waals surface area contributed by atoms with Crippen molar-refractivity contribution in [3.05, 3.63) is 41.6 Å². The fourth-order valence-electron chi connectivity index (χ4n) is 3.68. The zero-order valence-corrected chi connectivity index (χ0v) is 17.8. The van der Waals surface area contributed by atoms with Crippen LogP contribution in [0.25, 0.3) is 17.0 Å². The molecule has 29 heavy (non-hydrogen) atoms. The van der Waals surface area contributed by atoms with E-state index in [9.17, 15) is 14.4 Å². The molecule has 2 amide bonds. The summed E-state index contributed by atoms with van der Waals surface area (Å²) in [6.07, 6.45) is 3.52. The van der Waals surface area contributed by atoms with E-state index in [0.29, 0.717) is 13.1 Å². The van der Waals surface area contributed by atoms with Crippen LogP contribution in [0.15, 0.2) is 36.0 Å². The van der Waals surface area contributed by atoms with E-state index in [1.807, 2.05) is 62.7 Å². The van der Waals surface area contributed by atoms with Gasteiger partial charge in [0, 0.05) is 35.8 Å². The van der Waals surface area contributed by atoms with Gasteiger partial charge in [0.2, 0.25) is 0 Å². The van der Waals surface area contributed by atoms with Crippen LogP contribution in [0.2, 0.25) is 0 Å². The van der Waals surface area contributed by atoms with Crippen LogP contribution in [0, 0.1) is 11.8 Å². The lowest BCUT2D eigenvalue weighted by molar-refractivity contribution is -0.148. The SMILES string of the molecule is CC(=O)Cn1cc(C=C2C(=O)N(CC(C)C)N(CC(C)C)C2=O)c2ccccc21. The molecule has 1 aromatic carbocycles. The molecular weight excluding hydrogens is 366 g/mol. The van der Waals surface area contributed by atoms with Gasteiger partial charge in [0.15, 0.2) is 0 Å². The van der Waals surface area contributed by atoms with Crippen LogP contribution >= 0.6 is 0 Å². The minimum Gasteiger partial charge on any atom is -0.339 e. The highest BCUT2D eigenvalue weighted by Crippen LogP contribution is 2.28. The molecular formula is C23H29N3O3. The molecule has 6 heteroatoms. The molecule has 6 nitrogen and oxygen atoms in total.